The summed E-state index contributed by atoms with van der Waals surface area (Å²) < 4.78 is 4.74. The van der Waals surface area contributed by atoms with E-state index < -0.39 is 11.9 Å². The average Bonchev–Trinajstić information content (AvgIpc) is 2.29. The molecular weight excluding hydrogens is 216 g/mol. The lowest BCUT2D eigenvalue weighted by Gasteiger charge is -2.04. The van der Waals surface area contributed by atoms with E-state index in [2.05, 4.69) is 13.8 Å². The number of ether oxygens (including phenoxy) is 1. The minimum Gasteiger partial charge on any atom is -0.389 e. The molecule has 1 aromatic rings. The fourth-order valence-electron chi connectivity index (χ4n) is 1.44. The minimum atomic E-state index is -0.569. The summed E-state index contributed by atoms with van der Waals surface area (Å²) in [5.74, 6) is -0.452. The second-order valence-electron chi connectivity index (χ2n) is 4.41. The van der Waals surface area contributed by atoms with Gasteiger partial charge in [0.15, 0.2) is 0 Å². The normalized spacial score (nSPS) is 10.3. The maximum atomic E-state index is 11.5. The summed E-state index contributed by atoms with van der Waals surface area (Å²) in [6.07, 6.45) is 2.03. The Morgan fingerprint density at radius 1 is 1.18 bits per heavy atom. The van der Waals surface area contributed by atoms with Gasteiger partial charge < -0.3 is 4.74 Å². The van der Waals surface area contributed by atoms with Crippen LogP contribution in [0.15, 0.2) is 30.3 Å². The SMILES string of the molecule is CC(C)CCCC(=O)OC(=O)c1ccccc1. The second-order valence-corrected chi connectivity index (χ2v) is 4.41. The van der Waals surface area contributed by atoms with Crippen LogP contribution in [0, 0.1) is 5.92 Å². The summed E-state index contributed by atoms with van der Waals surface area (Å²) in [5.41, 5.74) is 0.407. The Balaban J connectivity index is 2.34. The van der Waals surface area contributed by atoms with Crippen LogP contribution in [0.25, 0.3) is 0 Å². The van der Waals surface area contributed by atoms with Crippen LogP contribution in [-0.2, 0) is 9.53 Å². The lowest BCUT2D eigenvalue weighted by atomic mass is 10.1. The Labute approximate surface area is 102 Å². The molecule has 3 heteroatoms. The first-order valence-electron chi connectivity index (χ1n) is 5.89. The highest BCUT2D eigenvalue weighted by Crippen LogP contribution is 2.08. The van der Waals surface area contributed by atoms with E-state index in [4.69, 9.17) is 4.74 Å². The van der Waals surface area contributed by atoms with Crippen molar-refractivity contribution < 1.29 is 14.3 Å². The molecule has 0 amide bonds. The fraction of sp³-hybridized carbons (Fsp3) is 0.429. The first-order valence-corrected chi connectivity index (χ1v) is 5.89. The molecule has 92 valence electrons. The Hall–Kier alpha value is -1.64. The summed E-state index contributed by atoms with van der Waals surface area (Å²) in [6, 6.07) is 8.54. The lowest BCUT2D eigenvalue weighted by Crippen LogP contribution is -2.12. The molecule has 0 aliphatic heterocycles. The van der Waals surface area contributed by atoms with Crippen LogP contribution in [0.1, 0.15) is 43.5 Å². The Morgan fingerprint density at radius 2 is 1.82 bits per heavy atom. The molecule has 1 aromatic carbocycles. The standard InChI is InChI=1S/C14H18O3/c1-11(2)7-6-10-13(15)17-14(16)12-8-4-3-5-9-12/h3-5,8-9,11H,6-7,10H2,1-2H3. The molecule has 0 saturated carbocycles. The number of rotatable bonds is 5. The van der Waals surface area contributed by atoms with Crippen LogP contribution in [0.5, 0.6) is 0 Å². The van der Waals surface area contributed by atoms with Crippen molar-refractivity contribution in [2.45, 2.75) is 33.1 Å². The van der Waals surface area contributed by atoms with Crippen molar-refractivity contribution in [2.24, 2.45) is 5.92 Å². The van der Waals surface area contributed by atoms with E-state index in [1.165, 1.54) is 0 Å². The third-order valence-electron chi connectivity index (χ3n) is 2.38. The van der Waals surface area contributed by atoms with Crippen molar-refractivity contribution in [3.63, 3.8) is 0 Å². The number of carbonyl (C=O) groups is 2. The van der Waals surface area contributed by atoms with Gasteiger partial charge in [0, 0.05) is 6.42 Å². The molecule has 0 unspecified atom stereocenters. The topological polar surface area (TPSA) is 43.4 Å². The summed E-state index contributed by atoms with van der Waals surface area (Å²) in [4.78, 5) is 22.9. The van der Waals surface area contributed by atoms with Crippen LogP contribution < -0.4 is 0 Å². The number of hydrogen-bond donors (Lipinski definition) is 0. The summed E-state index contributed by atoms with van der Waals surface area (Å²) in [6.45, 7) is 4.20. The van der Waals surface area contributed by atoms with Crippen molar-refractivity contribution in [1.82, 2.24) is 0 Å². The van der Waals surface area contributed by atoms with Gasteiger partial charge in [-0.25, -0.2) is 4.79 Å². The smallest absolute Gasteiger partial charge is 0.345 e. The monoisotopic (exact) mass is 234 g/mol. The van der Waals surface area contributed by atoms with Crippen LogP contribution >= 0.6 is 0 Å². The number of esters is 2. The zero-order valence-corrected chi connectivity index (χ0v) is 10.3. The zero-order chi connectivity index (χ0) is 12.7. The first kappa shape index (κ1) is 13.4. The predicted molar refractivity (Wildman–Crippen MR) is 65.6 cm³/mol. The van der Waals surface area contributed by atoms with E-state index in [0.29, 0.717) is 17.9 Å². The Kier molecular flexibility index (Phi) is 5.40. The molecule has 0 aliphatic rings. The van der Waals surface area contributed by atoms with Crippen LogP contribution in [0.4, 0.5) is 0 Å². The number of hydrogen-bond acceptors (Lipinski definition) is 3. The Morgan fingerprint density at radius 3 is 2.41 bits per heavy atom. The quantitative estimate of drug-likeness (QED) is 0.580. The van der Waals surface area contributed by atoms with Gasteiger partial charge in [0.05, 0.1) is 5.56 Å². The van der Waals surface area contributed by atoms with E-state index in [-0.39, 0.29) is 0 Å². The van der Waals surface area contributed by atoms with Crippen LogP contribution in [-0.4, -0.2) is 11.9 Å². The van der Waals surface area contributed by atoms with Crippen molar-refractivity contribution >= 4 is 11.9 Å². The minimum absolute atomic E-state index is 0.302. The van der Waals surface area contributed by atoms with Crippen LogP contribution in [0.2, 0.25) is 0 Å². The van der Waals surface area contributed by atoms with Gasteiger partial charge in [0.2, 0.25) is 0 Å². The maximum Gasteiger partial charge on any atom is 0.345 e. The van der Waals surface area contributed by atoms with Gasteiger partial charge in [-0.3, -0.25) is 4.79 Å². The van der Waals surface area contributed by atoms with Crippen molar-refractivity contribution in [1.29, 1.82) is 0 Å². The van der Waals surface area contributed by atoms with Crippen molar-refractivity contribution in [2.75, 3.05) is 0 Å². The molecule has 3 nitrogen and oxygen atoms in total. The maximum absolute atomic E-state index is 11.5. The fourth-order valence-corrected chi connectivity index (χ4v) is 1.44. The summed E-state index contributed by atoms with van der Waals surface area (Å²) in [7, 11) is 0. The van der Waals surface area contributed by atoms with Crippen LogP contribution in [0.3, 0.4) is 0 Å². The molecule has 0 bridgehead atoms. The van der Waals surface area contributed by atoms with Gasteiger partial charge in [-0.2, -0.15) is 0 Å². The van der Waals surface area contributed by atoms with E-state index in [9.17, 15) is 9.59 Å². The van der Waals surface area contributed by atoms with E-state index in [0.717, 1.165) is 12.8 Å². The molecule has 0 spiro atoms. The van der Waals surface area contributed by atoms with Gasteiger partial charge in [-0.15, -0.1) is 0 Å². The molecule has 17 heavy (non-hydrogen) atoms. The number of benzene rings is 1. The molecule has 1 rings (SSSR count). The highest BCUT2D eigenvalue weighted by molar-refractivity contribution is 5.96. The third-order valence-corrected chi connectivity index (χ3v) is 2.38. The van der Waals surface area contributed by atoms with Gasteiger partial charge in [0.1, 0.15) is 0 Å². The third kappa shape index (κ3) is 5.29. The van der Waals surface area contributed by atoms with E-state index >= 15 is 0 Å². The lowest BCUT2D eigenvalue weighted by molar-refractivity contribution is -0.138. The van der Waals surface area contributed by atoms with Gasteiger partial charge >= 0.3 is 11.9 Å². The highest BCUT2D eigenvalue weighted by atomic mass is 16.6. The second kappa shape index (κ2) is 6.84. The van der Waals surface area contributed by atoms with Gasteiger partial charge in [0.25, 0.3) is 0 Å². The molecule has 0 saturated heterocycles. The highest BCUT2D eigenvalue weighted by Gasteiger charge is 2.12. The first-order chi connectivity index (χ1) is 8.09. The zero-order valence-electron chi connectivity index (χ0n) is 10.3. The molecule has 0 N–H and O–H groups in total. The van der Waals surface area contributed by atoms with E-state index in [1.807, 2.05) is 0 Å². The molecular formula is C14H18O3. The molecule has 0 atom stereocenters. The average molecular weight is 234 g/mol. The summed E-state index contributed by atoms with van der Waals surface area (Å²) in [5, 5.41) is 0. The predicted octanol–water partition coefficient (Wildman–Crippen LogP) is 3.20. The molecule has 0 heterocycles. The molecule has 0 fully saturated rings. The van der Waals surface area contributed by atoms with Gasteiger partial charge in [-0.05, 0) is 24.5 Å². The largest absolute Gasteiger partial charge is 0.389 e. The van der Waals surface area contributed by atoms with E-state index in [1.54, 1.807) is 30.3 Å². The number of carbonyl (C=O) groups excluding carboxylic acids is 2. The summed E-state index contributed by atoms with van der Waals surface area (Å²) >= 11 is 0. The van der Waals surface area contributed by atoms with Crippen molar-refractivity contribution in [3.8, 4) is 0 Å². The molecule has 0 radical (unpaired) electrons. The van der Waals surface area contributed by atoms with Crippen molar-refractivity contribution in [3.05, 3.63) is 35.9 Å². The Bertz CT molecular complexity index is 368. The van der Waals surface area contributed by atoms with Gasteiger partial charge in [-0.1, -0.05) is 38.5 Å². The molecule has 0 aliphatic carbocycles. The molecule has 0 aromatic heterocycles.